The van der Waals surface area contributed by atoms with Crippen LogP contribution in [-0.2, 0) is 0 Å². The molecule has 30 heavy (non-hydrogen) atoms. The fraction of sp³-hybridized carbons (Fsp3) is 0.273. The zero-order valence-corrected chi connectivity index (χ0v) is 17.6. The van der Waals surface area contributed by atoms with Gasteiger partial charge in [0.05, 0.1) is 22.7 Å². The number of rotatable bonds is 6. The van der Waals surface area contributed by atoms with Crippen LogP contribution in [-0.4, -0.2) is 31.0 Å². The summed E-state index contributed by atoms with van der Waals surface area (Å²) < 4.78 is 2.06. The van der Waals surface area contributed by atoms with Crippen molar-refractivity contribution in [1.82, 2.24) is 19.8 Å². The number of nitrogens with one attached hydrogen (secondary N) is 1. The van der Waals surface area contributed by atoms with Crippen molar-refractivity contribution in [1.29, 1.82) is 0 Å². The minimum absolute atomic E-state index is 0.0556. The molecule has 2 aromatic heterocycles. The van der Waals surface area contributed by atoms with Crippen molar-refractivity contribution in [3.05, 3.63) is 88.5 Å². The first kappa shape index (κ1) is 20.0. The van der Waals surface area contributed by atoms with Gasteiger partial charge in [0.1, 0.15) is 0 Å². The van der Waals surface area contributed by atoms with Crippen LogP contribution >= 0.6 is 12.2 Å². The zero-order chi connectivity index (χ0) is 21.3. The Balaban J connectivity index is 1.78. The van der Waals surface area contributed by atoms with Crippen LogP contribution in [0.3, 0.4) is 0 Å². The summed E-state index contributed by atoms with van der Waals surface area (Å²) in [4.78, 5) is 17.4. The zero-order valence-electron chi connectivity index (χ0n) is 16.8. The SMILES string of the molecule is CC(C)CN1C(=S)N[C@@H](c2ccccn2)[C@@H]1c1cccn1-c1ccc([N+](=O)[O-])cc1. The van der Waals surface area contributed by atoms with Gasteiger partial charge < -0.3 is 14.8 Å². The van der Waals surface area contributed by atoms with E-state index < -0.39 is 0 Å². The smallest absolute Gasteiger partial charge is 0.269 e. The number of nitro groups is 1. The van der Waals surface area contributed by atoms with Gasteiger partial charge in [-0.3, -0.25) is 15.1 Å². The van der Waals surface area contributed by atoms with Crippen LogP contribution in [0.2, 0.25) is 0 Å². The summed E-state index contributed by atoms with van der Waals surface area (Å²) in [5, 5.41) is 15.2. The van der Waals surface area contributed by atoms with Crippen molar-refractivity contribution in [2.45, 2.75) is 25.9 Å². The van der Waals surface area contributed by atoms with Crippen molar-refractivity contribution >= 4 is 23.0 Å². The molecule has 0 spiro atoms. The highest BCUT2D eigenvalue weighted by Gasteiger charge is 2.41. The number of thiocarbonyl (C=S) groups is 1. The van der Waals surface area contributed by atoms with Gasteiger partial charge in [0.15, 0.2) is 5.11 Å². The molecule has 0 aliphatic carbocycles. The summed E-state index contributed by atoms with van der Waals surface area (Å²) in [6.45, 7) is 5.15. The maximum absolute atomic E-state index is 11.0. The van der Waals surface area contributed by atoms with Crippen LogP contribution in [0.1, 0.15) is 37.3 Å². The second-order valence-corrected chi connectivity index (χ2v) is 8.14. The van der Waals surface area contributed by atoms with Crippen LogP contribution < -0.4 is 5.32 Å². The summed E-state index contributed by atoms with van der Waals surface area (Å²) in [6, 6.07) is 16.4. The summed E-state index contributed by atoms with van der Waals surface area (Å²) >= 11 is 5.70. The number of hydrogen-bond acceptors (Lipinski definition) is 4. The Hall–Kier alpha value is -3.26. The molecular formula is C22H23N5O2S. The Bertz CT molecular complexity index is 1050. The highest BCUT2D eigenvalue weighted by Crippen LogP contribution is 2.39. The van der Waals surface area contributed by atoms with Gasteiger partial charge in [-0.2, -0.15) is 0 Å². The summed E-state index contributed by atoms with van der Waals surface area (Å²) in [5.41, 5.74) is 2.91. The van der Waals surface area contributed by atoms with Gasteiger partial charge >= 0.3 is 0 Å². The molecule has 3 aromatic rings. The molecule has 0 saturated carbocycles. The molecule has 1 aliphatic rings. The standard InChI is InChI=1S/C22H23N5O2S/c1-15(2)14-26-21(20(24-22(26)30)18-6-3-4-12-23-18)19-7-5-13-25(19)16-8-10-17(11-9-16)27(28)29/h3-13,15,20-21H,14H2,1-2H3,(H,24,30)/t20-,21-/m0/s1. The Labute approximate surface area is 180 Å². The van der Waals surface area contributed by atoms with Crippen LogP contribution in [0.25, 0.3) is 5.69 Å². The second-order valence-electron chi connectivity index (χ2n) is 7.75. The first-order chi connectivity index (χ1) is 14.5. The second kappa shape index (κ2) is 8.23. The molecule has 0 amide bonds. The molecule has 3 heterocycles. The monoisotopic (exact) mass is 421 g/mol. The quantitative estimate of drug-likeness (QED) is 0.361. The Morgan fingerprint density at radius 1 is 1.17 bits per heavy atom. The van der Waals surface area contributed by atoms with Crippen LogP contribution in [0.15, 0.2) is 67.0 Å². The predicted octanol–water partition coefficient (Wildman–Crippen LogP) is 4.41. The number of aromatic nitrogens is 2. The average molecular weight is 422 g/mol. The summed E-state index contributed by atoms with van der Waals surface area (Å²) in [7, 11) is 0. The van der Waals surface area contributed by atoms with Gasteiger partial charge in [-0.25, -0.2) is 0 Å². The van der Waals surface area contributed by atoms with E-state index in [1.807, 2.05) is 30.5 Å². The number of nitrogens with zero attached hydrogens (tertiary/aromatic N) is 4. The van der Waals surface area contributed by atoms with Crippen molar-refractivity contribution in [2.75, 3.05) is 6.54 Å². The third-order valence-electron chi connectivity index (χ3n) is 5.18. The Morgan fingerprint density at radius 2 is 1.93 bits per heavy atom. The van der Waals surface area contributed by atoms with Crippen LogP contribution in [0, 0.1) is 16.0 Å². The molecule has 0 radical (unpaired) electrons. The minimum atomic E-state index is -0.388. The maximum atomic E-state index is 11.0. The number of hydrogen-bond donors (Lipinski definition) is 1. The molecular weight excluding hydrogens is 398 g/mol. The van der Waals surface area contributed by atoms with Crippen molar-refractivity contribution < 1.29 is 4.92 Å². The van der Waals surface area contributed by atoms with Crippen LogP contribution in [0.4, 0.5) is 5.69 Å². The molecule has 154 valence electrons. The van der Waals surface area contributed by atoms with E-state index in [0.717, 1.165) is 23.6 Å². The number of nitro benzene ring substituents is 1. The van der Waals surface area contributed by atoms with E-state index in [0.29, 0.717) is 11.0 Å². The number of benzene rings is 1. The normalized spacial score (nSPS) is 18.6. The topological polar surface area (TPSA) is 76.2 Å². The molecule has 2 atom stereocenters. The molecule has 4 rings (SSSR count). The largest absolute Gasteiger partial charge is 0.352 e. The lowest BCUT2D eigenvalue weighted by Gasteiger charge is -2.30. The molecule has 1 N–H and O–H groups in total. The first-order valence-corrected chi connectivity index (χ1v) is 10.3. The van der Waals surface area contributed by atoms with Crippen molar-refractivity contribution in [3.63, 3.8) is 0 Å². The summed E-state index contributed by atoms with van der Waals surface area (Å²) in [5.74, 6) is 0.428. The predicted molar refractivity (Wildman–Crippen MR) is 119 cm³/mol. The van der Waals surface area contributed by atoms with E-state index in [-0.39, 0.29) is 22.7 Å². The molecule has 8 heteroatoms. The van der Waals surface area contributed by atoms with Crippen molar-refractivity contribution in [2.24, 2.45) is 5.92 Å². The van der Waals surface area contributed by atoms with E-state index in [1.165, 1.54) is 12.1 Å². The van der Waals surface area contributed by atoms with Gasteiger partial charge in [-0.1, -0.05) is 19.9 Å². The van der Waals surface area contributed by atoms with E-state index in [4.69, 9.17) is 12.2 Å². The highest BCUT2D eigenvalue weighted by atomic mass is 32.1. The number of non-ortho nitro benzene ring substituents is 1. The van der Waals surface area contributed by atoms with Gasteiger partial charge in [-0.05, 0) is 54.5 Å². The lowest BCUT2D eigenvalue weighted by molar-refractivity contribution is -0.384. The maximum Gasteiger partial charge on any atom is 0.269 e. The molecule has 7 nitrogen and oxygen atoms in total. The van der Waals surface area contributed by atoms with Gasteiger partial charge in [-0.15, -0.1) is 0 Å². The van der Waals surface area contributed by atoms with Gasteiger partial charge in [0.25, 0.3) is 5.69 Å². The van der Waals surface area contributed by atoms with Gasteiger partial charge in [0, 0.05) is 42.5 Å². The molecule has 1 fully saturated rings. The Morgan fingerprint density at radius 3 is 2.57 bits per heavy atom. The summed E-state index contributed by atoms with van der Waals surface area (Å²) in [6.07, 6.45) is 3.76. The lowest BCUT2D eigenvalue weighted by atomic mass is 10.0. The average Bonchev–Trinajstić information content (AvgIpc) is 3.33. The fourth-order valence-electron chi connectivity index (χ4n) is 3.92. The molecule has 1 aliphatic heterocycles. The third kappa shape index (κ3) is 3.78. The van der Waals surface area contributed by atoms with E-state index in [1.54, 1.807) is 18.3 Å². The molecule has 1 saturated heterocycles. The Kier molecular flexibility index (Phi) is 5.50. The minimum Gasteiger partial charge on any atom is -0.352 e. The third-order valence-corrected chi connectivity index (χ3v) is 5.53. The van der Waals surface area contributed by atoms with Crippen LogP contribution in [0.5, 0.6) is 0 Å². The molecule has 1 aromatic carbocycles. The van der Waals surface area contributed by atoms with E-state index in [2.05, 4.69) is 39.7 Å². The van der Waals surface area contributed by atoms with E-state index in [9.17, 15) is 10.1 Å². The first-order valence-electron chi connectivity index (χ1n) is 9.86. The number of pyridine rings is 1. The fourth-order valence-corrected chi connectivity index (χ4v) is 4.24. The van der Waals surface area contributed by atoms with Gasteiger partial charge in [0.2, 0.25) is 0 Å². The van der Waals surface area contributed by atoms with E-state index >= 15 is 0 Å². The molecule has 0 unspecified atom stereocenters. The lowest BCUT2D eigenvalue weighted by Crippen LogP contribution is -2.33. The highest BCUT2D eigenvalue weighted by molar-refractivity contribution is 7.80. The molecule has 0 bridgehead atoms. The van der Waals surface area contributed by atoms with Crippen molar-refractivity contribution in [3.8, 4) is 5.69 Å².